The Morgan fingerprint density at radius 3 is 1.29 bits per heavy atom. The summed E-state index contributed by atoms with van der Waals surface area (Å²) in [5, 5.41) is 0. The number of benzene rings is 3. The third-order valence-corrected chi connectivity index (χ3v) is 3.80. The van der Waals surface area contributed by atoms with Crippen LogP contribution in [0.5, 0.6) is 0 Å². The highest BCUT2D eigenvalue weighted by Crippen LogP contribution is 2.31. The van der Waals surface area contributed by atoms with E-state index in [0.29, 0.717) is 22.4 Å². The first-order chi connectivity index (χ1) is 11.7. The molecule has 3 aromatic carbocycles. The van der Waals surface area contributed by atoms with Crippen LogP contribution in [0, 0.1) is 11.6 Å². The fourth-order valence-electron chi connectivity index (χ4n) is 2.65. The molecule has 0 N–H and O–H groups in total. The Labute approximate surface area is 137 Å². The van der Waals surface area contributed by atoms with Gasteiger partial charge in [0.15, 0.2) is 11.6 Å². The normalized spacial score (nSPS) is 10.9. The van der Waals surface area contributed by atoms with Gasteiger partial charge in [-0.3, -0.25) is 0 Å². The number of aromatic nitrogens is 2. The van der Waals surface area contributed by atoms with Gasteiger partial charge in [-0.05, 0) is 0 Å². The van der Waals surface area contributed by atoms with Crippen molar-refractivity contribution in [2.75, 3.05) is 0 Å². The van der Waals surface area contributed by atoms with Crippen LogP contribution in [0.1, 0.15) is 0 Å². The fourth-order valence-corrected chi connectivity index (χ4v) is 2.65. The number of hydrogen-bond donors (Lipinski definition) is 0. The SMILES string of the molecule is Fc1cc2nc(-c3ccccc3)c(-c3ccccc3)nc2cc1F. The van der Waals surface area contributed by atoms with Crippen molar-refractivity contribution < 1.29 is 8.78 Å². The zero-order valence-corrected chi connectivity index (χ0v) is 12.6. The first-order valence-electron chi connectivity index (χ1n) is 7.50. The summed E-state index contributed by atoms with van der Waals surface area (Å²) in [5.74, 6) is -1.86. The van der Waals surface area contributed by atoms with Crippen molar-refractivity contribution in [1.82, 2.24) is 9.97 Å². The molecule has 116 valence electrons. The van der Waals surface area contributed by atoms with E-state index in [0.717, 1.165) is 23.3 Å². The summed E-state index contributed by atoms with van der Waals surface area (Å²) in [5.41, 5.74) is 3.67. The summed E-state index contributed by atoms with van der Waals surface area (Å²) in [6.45, 7) is 0. The van der Waals surface area contributed by atoms with Crippen LogP contribution in [0.15, 0.2) is 72.8 Å². The zero-order chi connectivity index (χ0) is 16.5. The molecule has 0 amide bonds. The van der Waals surface area contributed by atoms with E-state index in [2.05, 4.69) is 9.97 Å². The van der Waals surface area contributed by atoms with Crippen molar-refractivity contribution >= 4 is 11.0 Å². The molecule has 0 bridgehead atoms. The standard InChI is InChI=1S/C20H12F2N2/c21-15-11-17-18(12-16(15)22)24-20(14-9-5-2-6-10-14)19(23-17)13-7-3-1-4-8-13/h1-12H. The molecule has 0 aliphatic rings. The topological polar surface area (TPSA) is 25.8 Å². The monoisotopic (exact) mass is 318 g/mol. The third kappa shape index (κ3) is 2.52. The van der Waals surface area contributed by atoms with Gasteiger partial charge in [-0.15, -0.1) is 0 Å². The van der Waals surface area contributed by atoms with E-state index >= 15 is 0 Å². The van der Waals surface area contributed by atoms with Crippen molar-refractivity contribution in [2.24, 2.45) is 0 Å². The minimum atomic E-state index is -0.928. The van der Waals surface area contributed by atoms with Gasteiger partial charge in [-0.25, -0.2) is 18.7 Å². The summed E-state index contributed by atoms with van der Waals surface area (Å²) in [4.78, 5) is 9.11. The quantitative estimate of drug-likeness (QED) is 0.505. The molecule has 0 spiro atoms. The van der Waals surface area contributed by atoms with Gasteiger partial charge in [-0.2, -0.15) is 0 Å². The first kappa shape index (κ1) is 14.5. The van der Waals surface area contributed by atoms with E-state index in [1.165, 1.54) is 0 Å². The van der Waals surface area contributed by atoms with Crippen molar-refractivity contribution in [3.8, 4) is 22.5 Å². The zero-order valence-electron chi connectivity index (χ0n) is 12.6. The van der Waals surface area contributed by atoms with E-state index in [1.807, 2.05) is 60.7 Å². The highest BCUT2D eigenvalue weighted by molar-refractivity contribution is 5.86. The number of rotatable bonds is 2. The Morgan fingerprint density at radius 2 is 0.917 bits per heavy atom. The van der Waals surface area contributed by atoms with E-state index in [1.54, 1.807) is 0 Å². The Hall–Kier alpha value is -3.14. The summed E-state index contributed by atoms with van der Waals surface area (Å²) < 4.78 is 27.1. The van der Waals surface area contributed by atoms with Crippen LogP contribution in [-0.2, 0) is 0 Å². The van der Waals surface area contributed by atoms with Crippen LogP contribution in [0.3, 0.4) is 0 Å². The second-order valence-electron chi connectivity index (χ2n) is 5.41. The second-order valence-corrected chi connectivity index (χ2v) is 5.41. The predicted molar refractivity (Wildman–Crippen MR) is 90.3 cm³/mol. The molecular formula is C20H12F2N2. The van der Waals surface area contributed by atoms with E-state index in [-0.39, 0.29) is 0 Å². The number of nitrogens with zero attached hydrogens (tertiary/aromatic N) is 2. The lowest BCUT2D eigenvalue weighted by molar-refractivity contribution is 0.510. The van der Waals surface area contributed by atoms with Crippen LogP contribution in [0.25, 0.3) is 33.5 Å². The lowest BCUT2D eigenvalue weighted by Crippen LogP contribution is -1.97. The van der Waals surface area contributed by atoms with Gasteiger partial charge in [0, 0.05) is 23.3 Å². The molecule has 1 aromatic heterocycles. The second kappa shape index (κ2) is 5.81. The Bertz CT molecular complexity index is 932. The molecule has 4 rings (SSSR count). The Balaban J connectivity index is 2.06. The van der Waals surface area contributed by atoms with Crippen molar-refractivity contribution in [1.29, 1.82) is 0 Å². The third-order valence-electron chi connectivity index (χ3n) is 3.80. The minimum Gasteiger partial charge on any atom is -0.244 e. The predicted octanol–water partition coefficient (Wildman–Crippen LogP) is 5.24. The van der Waals surface area contributed by atoms with Gasteiger partial charge >= 0.3 is 0 Å². The number of hydrogen-bond acceptors (Lipinski definition) is 2. The maximum absolute atomic E-state index is 13.6. The molecule has 0 atom stereocenters. The molecule has 0 saturated heterocycles. The van der Waals surface area contributed by atoms with Crippen molar-refractivity contribution in [3.05, 3.63) is 84.4 Å². The van der Waals surface area contributed by atoms with Crippen molar-refractivity contribution in [2.45, 2.75) is 0 Å². The van der Waals surface area contributed by atoms with Gasteiger partial charge in [-0.1, -0.05) is 60.7 Å². The molecule has 0 unspecified atom stereocenters. The largest absolute Gasteiger partial charge is 0.244 e. The number of fused-ring (bicyclic) bond motifs is 1. The van der Waals surface area contributed by atoms with Gasteiger partial charge in [0.1, 0.15) is 0 Å². The van der Waals surface area contributed by atoms with Gasteiger partial charge in [0.25, 0.3) is 0 Å². The van der Waals surface area contributed by atoms with E-state index in [9.17, 15) is 8.78 Å². The molecule has 0 aliphatic carbocycles. The molecule has 4 heteroatoms. The molecule has 0 aliphatic heterocycles. The maximum atomic E-state index is 13.6. The summed E-state index contributed by atoms with van der Waals surface area (Å²) in [6.07, 6.45) is 0. The van der Waals surface area contributed by atoms with Crippen molar-refractivity contribution in [3.63, 3.8) is 0 Å². The van der Waals surface area contributed by atoms with Crippen LogP contribution in [-0.4, -0.2) is 9.97 Å². The van der Waals surface area contributed by atoms with Gasteiger partial charge < -0.3 is 0 Å². The smallest absolute Gasteiger partial charge is 0.161 e. The fraction of sp³-hybridized carbons (Fsp3) is 0. The Kier molecular flexibility index (Phi) is 3.50. The Morgan fingerprint density at radius 1 is 0.542 bits per heavy atom. The lowest BCUT2D eigenvalue weighted by Gasteiger charge is -2.10. The average Bonchev–Trinajstić information content (AvgIpc) is 2.63. The summed E-state index contributed by atoms with van der Waals surface area (Å²) >= 11 is 0. The first-order valence-corrected chi connectivity index (χ1v) is 7.50. The molecule has 0 fully saturated rings. The summed E-state index contributed by atoms with van der Waals surface area (Å²) in [6, 6.07) is 21.3. The van der Waals surface area contributed by atoms with E-state index in [4.69, 9.17) is 0 Å². The van der Waals surface area contributed by atoms with Crippen LogP contribution in [0.4, 0.5) is 8.78 Å². The molecule has 0 saturated carbocycles. The molecule has 0 radical (unpaired) electrons. The minimum absolute atomic E-state index is 0.326. The molecule has 4 aromatic rings. The number of halogens is 2. The van der Waals surface area contributed by atoms with Crippen LogP contribution < -0.4 is 0 Å². The van der Waals surface area contributed by atoms with Crippen LogP contribution in [0.2, 0.25) is 0 Å². The van der Waals surface area contributed by atoms with Gasteiger partial charge in [0.2, 0.25) is 0 Å². The highest BCUT2D eigenvalue weighted by atomic mass is 19.2. The van der Waals surface area contributed by atoms with Crippen LogP contribution >= 0.6 is 0 Å². The average molecular weight is 318 g/mol. The highest BCUT2D eigenvalue weighted by Gasteiger charge is 2.14. The maximum Gasteiger partial charge on any atom is 0.161 e. The summed E-state index contributed by atoms with van der Waals surface area (Å²) in [7, 11) is 0. The van der Waals surface area contributed by atoms with E-state index < -0.39 is 11.6 Å². The van der Waals surface area contributed by atoms with Gasteiger partial charge in [0.05, 0.1) is 22.4 Å². The molecule has 1 heterocycles. The molecule has 24 heavy (non-hydrogen) atoms. The molecule has 2 nitrogen and oxygen atoms in total. The molecular weight excluding hydrogens is 306 g/mol. The lowest BCUT2D eigenvalue weighted by atomic mass is 10.0.